The maximum atomic E-state index is 9.78. The van der Waals surface area contributed by atoms with Crippen molar-refractivity contribution >= 4 is 6.29 Å². The second-order valence-electron chi connectivity index (χ2n) is 2.22. The van der Waals surface area contributed by atoms with Crippen LogP contribution in [0.15, 0.2) is 0 Å². The van der Waals surface area contributed by atoms with E-state index in [4.69, 9.17) is 4.74 Å². The van der Waals surface area contributed by atoms with Crippen LogP contribution in [0.3, 0.4) is 0 Å². The Morgan fingerprint density at radius 3 is 2.67 bits per heavy atom. The molecule has 62 valence electrons. The van der Waals surface area contributed by atoms with Crippen LogP contribution in [0.5, 0.6) is 0 Å². The number of carbonyl (C=O) groups is 1. The van der Waals surface area contributed by atoms with Gasteiger partial charge >= 0.3 is 0 Å². The maximum absolute atomic E-state index is 9.78. The van der Waals surface area contributed by atoms with E-state index in [1.807, 2.05) is 4.90 Å². The molecular formula is C9H9NO2. The molecule has 1 fully saturated rings. The minimum absolute atomic E-state index is 0.536. The predicted molar refractivity (Wildman–Crippen MR) is 44.0 cm³/mol. The third-order valence-corrected chi connectivity index (χ3v) is 1.42. The highest BCUT2D eigenvalue weighted by Gasteiger charge is 2.04. The van der Waals surface area contributed by atoms with Crippen molar-refractivity contribution in [3.05, 3.63) is 0 Å². The summed E-state index contributed by atoms with van der Waals surface area (Å²) < 4.78 is 5.13. The van der Waals surface area contributed by atoms with Gasteiger partial charge in [-0.05, 0) is 11.8 Å². The third kappa shape index (κ3) is 3.09. The average molecular weight is 163 g/mol. The Morgan fingerprint density at radius 1 is 1.25 bits per heavy atom. The Morgan fingerprint density at radius 2 is 2.00 bits per heavy atom. The van der Waals surface area contributed by atoms with Crippen molar-refractivity contribution in [2.75, 3.05) is 26.3 Å². The molecule has 0 unspecified atom stereocenters. The largest absolute Gasteiger partial charge is 0.378 e. The summed E-state index contributed by atoms with van der Waals surface area (Å²) in [6.45, 7) is 3.07. The number of carbonyl (C=O) groups excluding carboxylic acids is 1. The van der Waals surface area contributed by atoms with Crippen molar-refractivity contribution in [2.24, 2.45) is 0 Å². The van der Waals surface area contributed by atoms with Gasteiger partial charge in [0.1, 0.15) is 0 Å². The van der Waals surface area contributed by atoms with E-state index in [1.165, 1.54) is 0 Å². The van der Waals surface area contributed by atoms with Gasteiger partial charge in [-0.1, -0.05) is 0 Å². The number of hydrogen-bond donors (Lipinski definition) is 0. The van der Waals surface area contributed by atoms with E-state index in [1.54, 1.807) is 0 Å². The molecule has 0 N–H and O–H groups in total. The molecule has 0 aromatic carbocycles. The molecule has 0 spiro atoms. The fourth-order valence-electron chi connectivity index (χ4n) is 0.848. The third-order valence-electron chi connectivity index (χ3n) is 1.42. The van der Waals surface area contributed by atoms with E-state index in [9.17, 15) is 4.79 Å². The van der Waals surface area contributed by atoms with E-state index < -0.39 is 0 Å². The molecule has 0 aromatic heterocycles. The Bertz CT molecular complexity index is 258. The molecule has 1 aliphatic rings. The first-order valence-electron chi connectivity index (χ1n) is 3.71. The van der Waals surface area contributed by atoms with E-state index in [-0.39, 0.29) is 0 Å². The maximum Gasteiger partial charge on any atom is 0.193 e. The fourth-order valence-corrected chi connectivity index (χ4v) is 0.848. The molecule has 12 heavy (non-hydrogen) atoms. The highest BCUT2D eigenvalue weighted by molar-refractivity contribution is 5.73. The number of rotatable bonds is 0. The van der Waals surface area contributed by atoms with Gasteiger partial charge in [-0.25, -0.2) is 0 Å². The van der Waals surface area contributed by atoms with Crippen LogP contribution in [0.25, 0.3) is 0 Å². The average Bonchev–Trinajstić information content (AvgIpc) is 2.14. The van der Waals surface area contributed by atoms with Gasteiger partial charge < -0.3 is 9.64 Å². The monoisotopic (exact) mass is 163 g/mol. The lowest BCUT2D eigenvalue weighted by molar-refractivity contribution is -0.103. The van der Waals surface area contributed by atoms with Gasteiger partial charge in [-0.2, -0.15) is 0 Å². The Hall–Kier alpha value is -1.45. The number of ether oxygens (including phenoxy) is 1. The molecule has 0 amide bonds. The number of morpholine rings is 1. The molecule has 3 nitrogen and oxygen atoms in total. The molecule has 0 bridgehead atoms. The van der Waals surface area contributed by atoms with E-state index in [0.717, 1.165) is 26.3 Å². The highest BCUT2D eigenvalue weighted by atomic mass is 16.5. The first-order valence-corrected chi connectivity index (χ1v) is 3.71. The van der Waals surface area contributed by atoms with E-state index in [2.05, 4.69) is 23.8 Å². The minimum atomic E-state index is 0.536. The fraction of sp³-hybridized carbons (Fsp3) is 0.444. The lowest BCUT2D eigenvalue weighted by atomic mass is 10.4. The summed E-state index contributed by atoms with van der Waals surface area (Å²) in [5.74, 6) is 7.23. The van der Waals surface area contributed by atoms with Crippen LogP contribution < -0.4 is 0 Å². The van der Waals surface area contributed by atoms with Crippen molar-refractivity contribution in [1.29, 1.82) is 0 Å². The molecule has 0 aliphatic carbocycles. The van der Waals surface area contributed by atoms with Gasteiger partial charge in [-0.15, -0.1) is 0 Å². The molecular weight excluding hydrogens is 154 g/mol. The topological polar surface area (TPSA) is 29.5 Å². The molecule has 3 heteroatoms. The van der Waals surface area contributed by atoms with Crippen molar-refractivity contribution in [2.45, 2.75) is 0 Å². The van der Waals surface area contributed by atoms with Crippen LogP contribution in [0, 0.1) is 23.8 Å². The van der Waals surface area contributed by atoms with Gasteiger partial charge in [0.25, 0.3) is 0 Å². The Kier molecular flexibility index (Phi) is 3.77. The van der Waals surface area contributed by atoms with Crippen LogP contribution in [0.2, 0.25) is 0 Å². The van der Waals surface area contributed by atoms with Gasteiger partial charge in [0.15, 0.2) is 6.29 Å². The summed E-state index contributed by atoms with van der Waals surface area (Å²) in [6.07, 6.45) is 0.536. The van der Waals surface area contributed by atoms with Crippen molar-refractivity contribution < 1.29 is 9.53 Å². The van der Waals surface area contributed by atoms with Gasteiger partial charge in [0.05, 0.1) is 13.2 Å². The molecule has 0 atom stereocenters. The SMILES string of the molecule is O=CC#CC#CN1CCOCC1. The summed E-state index contributed by atoms with van der Waals surface area (Å²) in [6, 6.07) is 2.83. The molecule has 1 heterocycles. The predicted octanol–water partition coefficient (Wildman–Crippen LogP) is -0.518. The molecule has 1 saturated heterocycles. The summed E-state index contributed by atoms with van der Waals surface area (Å²) in [5, 5.41) is 0. The van der Waals surface area contributed by atoms with Gasteiger partial charge in [-0.3, -0.25) is 4.79 Å². The summed E-state index contributed by atoms with van der Waals surface area (Å²) >= 11 is 0. The highest BCUT2D eigenvalue weighted by Crippen LogP contribution is 1.92. The number of nitrogens with zero attached hydrogens (tertiary/aromatic N) is 1. The zero-order valence-corrected chi connectivity index (χ0v) is 6.67. The zero-order chi connectivity index (χ0) is 8.65. The van der Waals surface area contributed by atoms with Crippen molar-refractivity contribution in [3.8, 4) is 23.8 Å². The minimum Gasteiger partial charge on any atom is -0.378 e. The summed E-state index contributed by atoms with van der Waals surface area (Å²) in [5.41, 5.74) is 0. The first kappa shape index (κ1) is 8.64. The molecule has 1 aliphatic heterocycles. The van der Waals surface area contributed by atoms with E-state index in [0.29, 0.717) is 6.29 Å². The second-order valence-corrected chi connectivity index (χ2v) is 2.22. The van der Waals surface area contributed by atoms with Crippen LogP contribution in [-0.2, 0) is 9.53 Å². The normalized spacial score (nSPS) is 15.2. The Balaban J connectivity index is 2.35. The quantitative estimate of drug-likeness (QED) is 0.355. The van der Waals surface area contributed by atoms with Gasteiger partial charge in [0, 0.05) is 25.1 Å². The van der Waals surface area contributed by atoms with E-state index >= 15 is 0 Å². The van der Waals surface area contributed by atoms with Crippen LogP contribution >= 0.6 is 0 Å². The second kappa shape index (κ2) is 5.23. The summed E-state index contributed by atoms with van der Waals surface area (Å²) in [7, 11) is 0. The van der Waals surface area contributed by atoms with Gasteiger partial charge in [0.2, 0.25) is 0 Å². The lowest BCUT2D eigenvalue weighted by Gasteiger charge is -2.22. The Labute approximate surface area is 71.7 Å². The molecule has 0 radical (unpaired) electrons. The molecule has 1 rings (SSSR count). The zero-order valence-electron chi connectivity index (χ0n) is 6.67. The van der Waals surface area contributed by atoms with Crippen molar-refractivity contribution in [3.63, 3.8) is 0 Å². The van der Waals surface area contributed by atoms with Crippen LogP contribution in [0.1, 0.15) is 0 Å². The molecule has 0 saturated carbocycles. The smallest absolute Gasteiger partial charge is 0.193 e. The molecule has 0 aromatic rings. The number of aldehydes is 1. The van der Waals surface area contributed by atoms with Crippen LogP contribution in [-0.4, -0.2) is 37.5 Å². The first-order chi connectivity index (χ1) is 5.93. The lowest BCUT2D eigenvalue weighted by Crippen LogP contribution is -2.32. The van der Waals surface area contributed by atoms with Crippen LogP contribution in [0.4, 0.5) is 0 Å². The number of hydrogen-bond acceptors (Lipinski definition) is 3. The standard InChI is InChI=1S/C9H9NO2/c11-7-3-1-2-4-10-5-8-12-9-6-10/h7H,5-6,8-9H2. The van der Waals surface area contributed by atoms with Crippen molar-refractivity contribution in [1.82, 2.24) is 4.90 Å². The summed E-state index contributed by atoms with van der Waals surface area (Å²) in [4.78, 5) is 11.7.